The van der Waals surface area contributed by atoms with E-state index in [9.17, 15) is 4.79 Å². The first kappa shape index (κ1) is 16.4. The molecule has 0 N–H and O–H groups in total. The van der Waals surface area contributed by atoms with Crippen LogP contribution in [0.3, 0.4) is 0 Å². The second-order valence-corrected chi connectivity index (χ2v) is 5.06. The van der Waals surface area contributed by atoms with Gasteiger partial charge in [-0.15, -0.1) is 0 Å². The average molecular weight is 401 g/mol. The van der Waals surface area contributed by atoms with Crippen LogP contribution in [0.1, 0.15) is 15.9 Å². The Morgan fingerprint density at radius 3 is 2.55 bits per heavy atom. The molecular weight excluding hydrogens is 385 g/mol. The fourth-order valence-electron chi connectivity index (χ4n) is 2.32. The van der Waals surface area contributed by atoms with Gasteiger partial charge in [-0.3, -0.25) is 4.79 Å². The maximum Gasteiger partial charge on any atom is 0.185 e. The summed E-state index contributed by atoms with van der Waals surface area (Å²) in [5.41, 5.74) is 1.72. The molecule has 1 aromatic heterocycles. The first-order chi connectivity index (χ1) is 10.2. The second kappa shape index (κ2) is 7.31. The molecule has 0 unspecified atom stereocenters. The van der Waals surface area contributed by atoms with E-state index >= 15 is 0 Å². The maximum absolute atomic E-state index is 12.3. The van der Waals surface area contributed by atoms with E-state index in [0.29, 0.717) is 5.56 Å². The Morgan fingerprint density at radius 2 is 1.77 bits per heavy atom. The van der Waals surface area contributed by atoms with Gasteiger partial charge in [0.25, 0.3) is 0 Å². The van der Waals surface area contributed by atoms with Crippen molar-refractivity contribution in [3.05, 3.63) is 84.2 Å². The largest absolute Gasteiger partial charge is 1.00 e. The molecular formula is C19H16INO. The van der Waals surface area contributed by atoms with Gasteiger partial charge in [0, 0.05) is 17.2 Å². The molecule has 0 fully saturated rings. The molecule has 0 aliphatic carbocycles. The number of aryl methyl sites for hydroxylation is 1. The number of carbonyl (C=O) groups is 1. The van der Waals surface area contributed by atoms with Gasteiger partial charge in [-0.1, -0.05) is 36.4 Å². The zero-order valence-corrected chi connectivity index (χ0v) is 14.4. The second-order valence-electron chi connectivity index (χ2n) is 5.06. The number of carbonyl (C=O) groups excluding carboxylic acids is 1. The average Bonchev–Trinajstić information content (AvgIpc) is 2.52. The minimum absolute atomic E-state index is 0. The summed E-state index contributed by atoms with van der Waals surface area (Å²) in [6, 6.07) is 17.8. The predicted molar refractivity (Wildman–Crippen MR) is 84.9 cm³/mol. The number of rotatable bonds is 3. The summed E-state index contributed by atoms with van der Waals surface area (Å²) in [5, 5.41) is 2.23. The van der Waals surface area contributed by atoms with E-state index < -0.39 is 0 Å². The van der Waals surface area contributed by atoms with Crippen LogP contribution in [0, 0.1) is 0 Å². The number of hydrogen-bond donors (Lipinski definition) is 0. The van der Waals surface area contributed by atoms with Crippen LogP contribution in [0.2, 0.25) is 0 Å². The van der Waals surface area contributed by atoms with Gasteiger partial charge < -0.3 is 24.0 Å². The van der Waals surface area contributed by atoms with E-state index in [1.54, 1.807) is 6.08 Å². The van der Waals surface area contributed by atoms with Crippen molar-refractivity contribution < 1.29 is 33.3 Å². The van der Waals surface area contributed by atoms with Crippen LogP contribution in [0.5, 0.6) is 0 Å². The fourth-order valence-corrected chi connectivity index (χ4v) is 2.32. The minimum atomic E-state index is 0. The van der Waals surface area contributed by atoms with Gasteiger partial charge >= 0.3 is 0 Å². The van der Waals surface area contributed by atoms with Crippen LogP contribution in [0.4, 0.5) is 0 Å². The lowest BCUT2D eigenvalue weighted by atomic mass is 10.0. The van der Waals surface area contributed by atoms with Crippen molar-refractivity contribution in [3.8, 4) is 0 Å². The molecule has 0 atom stereocenters. The number of pyridine rings is 1. The summed E-state index contributed by atoms with van der Waals surface area (Å²) in [6.07, 6.45) is 7.41. The molecule has 0 saturated heterocycles. The Hall–Kier alpha value is -2.01. The molecule has 0 bridgehead atoms. The standard InChI is InChI=1S/C19H16NO.HI/c1-20-12-4-5-15(14-20)8-11-19(21)18-10-9-16-6-2-3-7-17(16)13-18;/h2-14H,1H3;1H/q+1;/p-1/b11-8+;. The monoisotopic (exact) mass is 401 g/mol. The number of halogens is 1. The summed E-state index contributed by atoms with van der Waals surface area (Å²) < 4.78 is 1.96. The Morgan fingerprint density at radius 1 is 1.00 bits per heavy atom. The van der Waals surface area contributed by atoms with Crippen molar-refractivity contribution in [2.75, 3.05) is 0 Å². The molecule has 2 nitrogen and oxygen atoms in total. The molecule has 0 saturated carbocycles. The van der Waals surface area contributed by atoms with Crippen LogP contribution in [0.15, 0.2) is 73.1 Å². The number of benzene rings is 2. The molecule has 2 aromatic carbocycles. The molecule has 110 valence electrons. The predicted octanol–water partition coefficient (Wildman–Crippen LogP) is 0.564. The van der Waals surface area contributed by atoms with Crippen molar-refractivity contribution in [2.45, 2.75) is 0 Å². The maximum atomic E-state index is 12.3. The molecule has 3 heteroatoms. The van der Waals surface area contributed by atoms with E-state index in [1.807, 2.05) is 84.7 Å². The van der Waals surface area contributed by atoms with E-state index in [2.05, 4.69) is 0 Å². The van der Waals surface area contributed by atoms with Gasteiger partial charge in [0.1, 0.15) is 7.05 Å². The normalized spacial score (nSPS) is 10.6. The van der Waals surface area contributed by atoms with Gasteiger partial charge in [-0.2, -0.15) is 0 Å². The summed E-state index contributed by atoms with van der Waals surface area (Å²) in [7, 11) is 1.96. The molecule has 22 heavy (non-hydrogen) atoms. The Bertz CT molecular complexity index is 839. The van der Waals surface area contributed by atoms with E-state index in [4.69, 9.17) is 0 Å². The minimum Gasteiger partial charge on any atom is -1.00 e. The highest BCUT2D eigenvalue weighted by atomic mass is 127. The molecule has 0 amide bonds. The van der Waals surface area contributed by atoms with Gasteiger partial charge in [0.2, 0.25) is 0 Å². The first-order valence-corrected chi connectivity index (χ1v) is 6.89. The molecule has 0 aliphatic rings. The van der Waals surface area contributed by atoms with E-state index in [1.165, 1.54) is 0 Å². The van der Waals surface area contributed by atoms with E-state index in [-0.39, 0.29) is 29.8 Å². The number of ketones is 1. The fraction of sp³-hybridized carbons (Fsp3) is 0.0526. The highest BCUT2D eigenvalue weighted by Gasteiger charge is 2.03. The Balaban J connectivity index is 0.00000176. The van der Waals surface area contributed by atoms with Crippen LogP contribution >= 0.6 is 0 Å². The SMILES string of the molecule is C[n+]1cccc(/C=C/C(=O)c2ccc3ccccc3c2)c1.[I-]. The Labute approximate surface area is 147 Å². The van der Waals surface area contributed by atoms with Crippen LogP contribution in [-0.4, -0.2) is 5.78 Å². The molecule has 0 aliphatic heterocycles. The van der Waals surface area contributed by atoms with Crippen LogP contribution < -0.4 is 28.5 Å². The summed E-state index contributed by atoms with van der Waals surface area (Å²) >= 11 is 0. The van der Waals surface area contributed by atoms with E-state index in [0.717, 1.165) is 16.3 Å². The number of allylic oxidation sites excluding steroid dienone is 1. The highest BCUT2D eigenvalue weighted by Crippen LogP contribution is 2.16. The summed E-state index contributed by atoms with van der Waals surface area (Å²) in [4.78, 5) is 12.3. The molecule has 3 aromatic rings. The van der Waals surface area contributed by atoms with Crippen molar-refractivity contribution in [2.24, 2.45) is 7.05 Å². The van der Waals surface area contributed by atoms with Gasteiger partial charge in [-0.05, 0) is 35.1 Å². The number of nitrogens with zero attached hydrogens (tertiary/aromatic N) is 1. The first-order valence-electron chi connectivity index (χ1n) is 6.89. The lowest BCUT2D eigenvalue weighted by Crippen LogP contribution is -3.00. The molecule has 0 spiro atoms. The van der Waals surface area contributed by atoms with Gasteiger partial charge in [-0.25, -0.2) is 4.57 Å². The zero-order chi connectivity index (χ0) is 14.7. The Kier molecular flexibility index (Phi) is 5.44. The number of aromatic nitrogens is 1. The third kappa shape index (κ3) is 3.80. The summed E-state index contributed by atoms with van der Waals surface area (Å²) in [6.45, 7) is 0. The molecule has 1 heterocycles. The van der Waals surface area contributed by atoms with Crippen LogP contribution in [0.25, 0.3) is 16.8 Å². The number of hydrogen-bond acceptors (Lipinski definition) is 1. The topological polar surface area (TPSA) is 20.9 Å². The van der Waals surface area contributed by atoms with Crippen molar-refractivity contribution in [1.29, 1.82) is 0 Å². The lowest BCUT2D eigenvalue weighted by molar-refractivity contribution is -0.671. The summed E-state index contributed by atoms with van der Waals surface area (Å²) in [5.74, 6) is 0.0206. The third-order valence-electron chi connectivity index (χ3n) is 3.42. The molecule has 3 rings (SSSR count). The lowest BCUT2D eigenvalue weighted by Gasteiger charge is -2.00. The van der Waals surface area contributed by atoms with Crippen LogP contribution in [-0.2, 0) is 7.05 Å². The van der Waals surface area contributed by atoms with Crippen molar-refractivity contribution in [1.82, 2.24) is 0 Å². The third-order valence-corrected chi connectivity index (χ3v) is 3.42. The smallest absolute Gasteiger partial charge is 0.185 e. The molecule has 0 radical (unpaired) electrons. The highest BCUT2D eigenvalue weighted by molar-refractivity contribution is 6.08. The number of fused-ring (bicyclic) bond motifs is 1. The van der Waals surface area contributed by atoms with Crippen molar-refractivity contribution in [3.63, 3.8) is 0 Å². The van der Waals surface area contributed by atoms with Gasteiger partial charge in [0.15, 0.2) is 18.2 Å². The van der Waals surface area contributed by atoms with Crippen molar-refractivity contribution >= 4 is 22.6 Å². The quantitative estimate of drug-likeness (QED) is 0.272. The van der Waals surface area contributed by atoms with Gasteiger partial charge in [0.05, 0.1) is 0 Å². The zero-order valence-electron chi connectivity index (χ0n) is 12.2.